The first-order valence-electron chi connectivity index (χ1n) is 6.87. The molecule has 2 N–H and O–H groups in total. The molecule has 20 heavy (non-hydrogen) atoms. The maximum Gasteiger partial charge on any atom is 0.321 e. The van der Waals surface area contributed by atoms with Gasteiger partial charge in [-0.15, -0.1) is 0 Å². The smallest absolute Gasteiger partial charge is 0.321 e. The number of rotatable bonds is 4. The highest BCUT2D eigenvalue weighted by Gasteiger charge is 2.32. The van der Waals surface area contributed by atoms with Crippen molar-refractivity contribution in [1.29, 1.82) is 0 Å². The Bertz CT molecular complexity index is 463. The Kier molecular flexibility index (Phi) is 3.75. The molecule has 1 fully saturated rings. The Morgan fingerprint density at radius 3 is 2.45 bits per heavy atom. The van der Waals surface area contributed by atoms with E-state index in [4.69, 9.17) is 9.47 Å². The number of amides is 1. The van der Waals surface area contributed by atoms with Gasteiger partial charge in [0.2, 0.25) is 0 Å². The molecule has 2 aliphatic rings. The van der Waals surface area contributed by atoms with Crippen molar-refractivity contribution in [3.8, 4) is 11.5 Å². The fourth-order valence-electron chi connectivity index (χ4n) is 2.38. The summed E-state index contributed by atoms with van der Waals surface area (Å²) in [7, 11) is 1.79. The number of carbonyl (C=O) groups is 1. The minimum atomic E-state index is -0.850. The van der Waals surface area contributed by atoms with Crippen LogP contribution in [-0.4, -0.2) is 43.8 Å². The summed E-state index contributed by atoms with van der Waals surface area (Å²) in [6.07, 6.45) is 0.110. The summed E-state index contributed by atoms with van der Waals surface area (Å²) >= 11 is 0. The van der Waals surface area contributed by atoms with E-state index < -0.39 is 6.29 Å². The summed E-state index contributed by atoms with van der Waals surface area (Å²) in [4.78, 5) is 13.9. The first-order valence-corrected chi connectivity index (χ1v) is 6.87. The van der Waals surface area contributed by atoms with Crippen LogP contribution in [0.2, 0.25) is 0 Å². The zero-order valence-corrected chi connectivity index (χ0v) is 11.5. The summed E-state index contributed by atoms with van der Waals surface area (Å²) in [5.41, 5.74) is 6.18. The van der Waals surface area contributed by atoms with Crippen LogP contribution < -0.4 is 20.3 Å². The van der Waals surface area contributed by atoms with Gasteiger partial charge >= 0.3 is 12.2 Å². The normalized spacial score (nSPS) is 18.4. The summed E-state index contributed by atoms with van der Waals surface area (Å²) in [5, 5.41) is 0. The lowest BCUT2D eigenvalue weighted by Crippen LogP contribution is -2.42. The number of likely N-dealkylation sites (N-methyl/N-ethyl adjacent to an activating group) is 1. The molecule has 1 aromatic rings. The van der Waals surface area contributed by atoms with Crippen molar-refractivity contribution >= 4 is 5.91 Å². The summed E-state index contributed by atoms with van der Waals surface area (Å²) in [5.74, 6) is 1.68. The molecule has 2 aliphatic heterocycles. The second-order valence-electron chi connectivity index (χ2n) is 5.19. The van der Waals surface area contributed by atoms with Crippen LogP contribution in [0, 0.1) is 5.92 Å². The van der Waals surface area contributed by atoms with Crippen LogP contribution in [0.15, 0.2) is 24.3 Å². The molecule has 108 valence electrons. The molecule has 0 bridgehead atoms. The SMILES string of the molecule is CN(CCC1CNNC1)C(=O)C1Oc2ccccc2O1. The van der Waals surface area contributed by atoms with Gasteiger partial charge in [0.15, 0.2) is 11.5 Å². The third-order valence-corrected chi connectivity index (χ3v) is 3.67. The van der Waals surface area contributed by atoms with E-state index in [1.807, 2.05) is 12.1 Å². The van der Waals surface area contributed by atoms with Crippen LogP contribution in [0.3, 0.4) is 0 Å². The van der Waals surface area contributed by atoms with Crippen LogP contribution in [0.1, 0.15) is 6.42 Å². The van der Waals surface area contributed by atoms with Crippen molar-refractivity contribution in [1.82, 2.24) is 15.8 Å². The van der Waals surface area contributed by atoms with Crippen molar-refractivity contribution in [2.45, 2.75) is 12.7 Å². The number of carbonyl (C=O) groups excluding carboxylic acids is 1. The van der Waals surface area contributed by atoms with E-state index in [-0.39, 0.29) is 5.91 Å². The zero-order chi connectivity index (χ0) is 13.9. The number of ether oxygens (including phenoxy) is 2. The molecule has 0 atom stereocenters. The zero-order valence-electron chi connectivity index (χ0n) is 11.5. The van der Waals surface area contributed by atoms with E-state index in [0.29, 0.717) is 24.0 Å². The molecular formula is C14H19N3O3. The van der Waals surface area contributed by atoms with Gasteiger partial charge in [-0.05, 0) is 24.5 Å². The molecule has 0 radical (unpaired) electrons. The third-order valence-electron chi connectivity index (χ3n) is 3.67. The summed E-state index contributed by atoms with van der Waals surface area (Å²) in [6, 6.07) is 7.33. The Balaban J connectivity index is 1.51. The van der Waals surface area contributed by atoms with E-state index in [1.165, 1.54) is 0 Å². The van der Waals surface area contributed by atoms with E-state index >= 15 is 0 Å². The second-order valence-corrected chi connectivity index (χ2v) is 5.19. The molecule has 3 rings (SSSR count). The van der Waals surface area contributed by atoms with Crippen molar-refractivity contribution in [2.24, 2.45) is 5.92 Å². The molecule has 0 saturated carbocycles. The number of para-hydroxylation sites is 2. The van der Waals surface area contributed by atoms with Gasteiger partial charge in [0, 0.05) is 26.7 Å². The molecule has 0 spiro atoms. The quantitative estimate of drug-likeness (QED) is 0.832. The van der Waals surface area contributed by atoms with Gasteiger partial charge in [0.25, 0.3) is 0 Å². The van der Waals surface area contributed by atoms with E-state index in [0.717, 1.165) is 19.5 Å². The number of nitrogens with one attached hydrogen (secondary N) is 2. The lowest BCUT2D eigenvalue weighted by molar-refractivity contribution is -0.146. The Hall–Kier alpha value is -1.79. The fraction of sp³-hybridized carbons (Fsp3) is 0.500. The number of hydrazine groups is 1. The number of benzene rings is 1. The largest absolute Gasteiger partial charge is 0.442 e. The van der Waals surface area contributed by atoms with E-state index in [2.05, 4.69) is 10.9 Å². The molecular weight excluding hydrogens is 258 g/mol. The van der Waals surface area contributed by atoms with E-state index in [9.17, 15) is 4.79 Å². The average molecular weight is 277 g/mol. The molecule has 0 aliphatic carbocycles. The fourth-order valence-corrected chi connectivity index (χ4v) is 2.38. The summed E-state index contributed by atoms with van der Waals surface area (Å²) in [6.45, 7) is 2.60. The minimum Gasteiger partial charge on any atom is -0.442 e. The monoisotopic (exact) mass is 277 g/mol. The van der Waals surface area contributed by atoms with Crippen molar-refractivity contribution < 1.29 is 14.3 Å². The van der Waals surface area contributed by atoms with Gasteiger partial charge in [-0.1, -0.05) is 12.1 Å². The number of hydrogen-bond donors (Lipinski definition) is 2. The minimum absolute atomic E-state index is 0.139. The highest BCUT2D eigenvalue weighted by Crippen LogP contribution is 2.34. The molecule has 1 aromatic carbocycles. The van der Waals surface area contributed by atoms with Crippen molar-refractivity contribution in [3.05, 3.63) is 24.3 Å². The highest BCUT2D eigenvalue weighted by atomic mass is 16.7. The van der Waals surface area contributed by atoms with Gasteiger partial charge < -0.3 is 14.4 Å². The Morgan fingerprint density at radius 1 is 1.25 bits per heavy atom. The molecule has 2 heterocycles. The molecule has 6 heteroatoms. The first-order chi connectivity index (χ1) is 9.74. The molecule has 0 unspecified atom stereocenters. The number of hydrogen-bond acceptors (Lipinski definition) is 5. The Labute approximate surface area is 118 Å². The molecule has 0 aromatic heterocycles. The van der Waals surface area contributed by atoms with E-state index in [1.54, 1.807) is 24.1 Å². The molecule has 1 amide bonds. The topological polar surface area (TPSA) is 62.8 Å². The van der Waals surface area contributed by atoms with Gasteiger partial charge in [0.1, 0.15) is 0 Å². The van der Waals surface area contributed by atoms with Crippen molar-refractivity contribution in [2.75, 3.05) is 26.7 Å². The first kappa shape index (κ1) is 13.2. The maximum atomic E-state index is 12.3. The highest BCUT2D eigenvalue weighted by molar-refractivity contribution is 5.81. The summed E-state index contributed by atoms with van der Waals surface area (Å²) < 4.78 is 11.0. The lowest BCUT2D eigenvalue weighted by atomic mass is 10.1. The molecule has 1 saturated heterocycles. The Morgan fingerprint density at radius 2 is 1.85 bits per heavy atom. The lowest BCUT2D eigenvalue weighted by Gasteiger charge is -2.21. The van der Waals surface area contributed by atoms with Gasteiger partial charge in [-0.25, -0.2) is 0 Å². The second kappa shape index (κ2) is 5.68. The average Bonchev–Trinajstić information content (AvgIpc) is 3.12. The van der Waals surface area contributed by atoms with Crippen LogP contribution in [0.5, 0.6) is 11.5 Å². The predicted molar refractivity (Wildman–Crippen MR) is 73.2 cm³/mol. The van der Waals surface area contributed by atoms with Crippen LogP contribution in [0.25, 0.3) is 0 Å². The predicted octanol–water partition coefficient (Wildman–Crippen LogP) is 0.356. The van der Waals surface area contributed by atoms with Crippen LogP contribution >= 0.6 is 0 Å². The third kappa shape index (κ3) is 2.71. The van der Waals surface area contributed by atoms with Gasteiger partial charge in [-0.2, -0.15) is 0 Å². The maximum absolute atomic E-state index is 12.3. The molecule has 6 nitrogen and oxygen atoms in total. The number of fused-ring (bicyclic) bond motifs is 1. The van der Waals surface area contributed by atoms with Gasteiger partial charge in [0.05, 0.1) is 0 Å². The van der Waals surface area contributed by atoms with Crippen LogP contribution in [-0.2, 0) is 4.79 Å². The van der Waals surface area contributed by atoms with Crippen molar-refractivity contribution in [3.63, 3.8) is 0 Å². The van der Waals surface area contributed by atoms with Gasteiger partial charge in [-0.3, -0.25) is 15.6 Å². The standard InChI is InChI=1S/C14H19N3O3/c1-17(7-6-10-8-15-16-9-10)13(18)14-19-11-4-2-3-5-12(11)20-14/h2-5,10,14-16H,6-9H2,1H3. The number of nitrogens with zero attached hydrogens (tertiary/aromatic N) is 1. The van der Waals surface area contributed by atoms with Crippen LogP contribution in [0.4, 0.5) is 0 Å².